The highest BCUT2D eigenvalue weighted by molar-refractivity contribution is 6.02. The molecule has 6 nitrogen and oxygen atoms in total. The zero-order valence-corrected chi connectivity index (χ0v) is 20.4. The molecule has 33 heavy (non-hydrogen) atoms. The second kappa shape index (κ2) is 11.0. The smallest absolute Gasteiger partial charge is 0.322 e. The van der Waals surface area contributed by atoms with Crippen molar-refractivity contribution >= 4 is 28.4 Å². The maximum Gasteiger partial charge on any atom is 0.322 e. The minimum absolute atomic E-state index is 0.0429. The van der Waals surface area contributed by atoms with Crippen molar-refractivity contribution in [2.45, 2.75) is 34.2 Å². The van der Waals surface area contributed by atoms with Gasteiger partial charge in [0.15, 0.2) is 0 Å². The number of hydrogen-bond donors (Lipinski definition) is 1. The van der Waals surface area contributed by atoms with Crippen LogP contribution in [-0.2, 0) is 18.4 Å². The average molecular weight is 449 g/mol. The molecule has 176 valence electrons. The second-order valence-electron chi connectivity index (χ2n) is 9.51. The summed E-state index contributed by atoms with van der Waals surface area (Å²) < 4.78 is 2.03. The van der Waals surface area contributed by atoms with E-state index in [1.54, 1.807) is 4.90 Å². The number of amides is 3. The summed E-state index contributed by atoms with van der Waals surface area (Å²) in [7, 11) is 1.98. The fraction of sp³-hybridized carbons (Fsp3) is 0.407. The molecule has 0 aliphatic heterocycles. The van der Waals surface area contributed by atoms with Crippen molar-refractivity contribution in [2.75, 3.05) is 25.0 Å². The molecule has 3 amide bonds. The highest BCUT2D eigenvalue weighted by Crippen LogP contribution is 2.23. The molecule has 0 radical (unpaired) electrons. The fourth-order valence-electron chi connectivity index (χ4n) is 4.00. The Labute approximate surface area is 197 Å². The van der Waals surface area contributed by atoms with E-state index in [0.29, 0.717) is 25.6 Å². The first-order valence-electron chi connectivity index (χ1n) is 11.7. The highest BCUT2D eigenvalue weighted by Gasteiger charge is 2.24. The number of nitrogens with zero attached hydrogens (tertiary/aromatic N) is 3. The summed E-state index contributed by atoms with van der Waals surface area (Å²) in [6.45, 7) is 10.0. The molecule has 0 unspecified atom stereocenters. The Kier molecular flexibility index (Phi) is 8.15. The van der Waals surface area contributed by atoms with Gasteiger partial charge < -0.3 is 19.7 Å². The van der Waals surface area contributed by atoms with Gasteiger partial charge in [-0.2, -0.15) is 0 Å². The van der Waals surface area contributed by atoms with Crippen LogP contribution >= 0.6 is 0 Å². The topological polar surface area (TPSA) is 57.6 Å². The molecule has 0 atom stereocenters. The number of rotatable bonds is 9. The SMILES string of the molecule is CC(C)CN(Cc1cccn1C)C(=O)CN(CC(C)C)C(=O)Nc1cccc2ccccc12. The molecule has 1 heterocycles. The zero-order valence-electron chi connectivity index (χ0n) is 20.4. The minimum Gasteiger partial charge on any atom is -0.353 e. The maximum absolute atomic E-state index is 13.4. The van der Waals surface area contributed by atoms with E-state index in [-0.39, 0.29) is 24.4 Å². The van der Waals surface area contributed by atoms with Crippen LogP contribution in [0.2, 0.25) is 0 Å². The standard InChI is InChI=1S/C27H36N4O2/c1-20(2)16-30(18-23-12-9-15-29(23)5)26(32)19-31(17-21(3)4)27(33)28-25-14-8-11-22-10-6-7-13-24(22)25/h6-15,20-21H,16-19H2,1-5H3,(H,28,33). The molecule has 1 N–H and O–H groups in total. The van der Waals surface area contributed by atoms with Crippen LogP contribution < -0.4 is 5.32 Å². The van der Waals surface area contributed by atoms with Crippen LogP contribution in [0.25, 0.3) is 10.8 Å². The first-order chi connectivity index (χ1) is 15.7. The van der Waals surface area contributed by atoms with Gasteiger partial charge in [0, 0.05) is 37.4 Å². The predicted octanol–water partition coefficient (Wildman–Crippen LogP) is 5.35. The zero-order chi connectivity index (χ0) is 24.0. The van der Waals surface area contributed by atoms with Crippen LogP contribution in [0.1, 0.15) is 33.4 Å². The second-order valence-corrected chi connectivity index (χ2v) is 9.51. The molecule has 0 aliphatic carbocycles. The molecule has 2 aromatic carbocycles. The van der Waals surface area contributed by atoms with Crippen molar-refractivity contribution in [3.63, 3.8) is 0 Å². The number of carbonyl (C=O) groups excluding carboxylic acids is 2. The van der Waals surface area contributed by atoms with E-state index in [9.17, 15) is 9.59 Å². The van der Waals surface area contributed by atoms with E-state index in [4.69, 9.17) is 0 Å². The molecule has 0 saturated heterocycles. The van der Waals surface area contributed by atoms with Crippen LogP contribution in [-0.4, -0.2) is 45.9 Å². The number of nitrogens with one attached hydrogen (secondary N) is 1. The van der Waals surface area contributed by atoms with Crippen molar-refractivity contribution in [3.8, 4) is 0 Å². The molecule has 1 aromatic heterocycles. The molecule has 0 bridgehead atoms. The Bertz CT molecular complexity index is 1080. The lowest BCUT2D eigenvalue weighted by Gasteiger charge is -2.30. The Morgan fingerprint density at radius 1 is 0.879 bits per heavy atom. The monoisotopic (exact) mass is 448 g/mol. The molecule has 0 saturated carbocycles. The van der Waals surface area contributed by atoms with E-state index in [2.05, 4.69) is 33.0 Å². The van der Waals surface area contributed by atoms with Crippen LogP contribution in [0, 0.1) is 11.8 Å². The number of urea groups is 1. The number of fused-ring (bicyclic) bond motifs is 1. The van der Waals surface area contributed by atoms with Crippen LogP contribution in [0.15, 0.2) is 60.8 Å². The number of aromatic nitrogens is 1. The van der Waals surface area contributed by atoms with Crippen LogP contribution in [0.3, 0.4) is 0 Å². The predicted molar refractivity (Wildman–Crippen MR) is 135 cm³/mol. The van der Waals surface area contributed by atoms with Crippen molar-refractivity contribution in [2.24, 2.45) is 18.9 Å². The molecular weight excluding hydrogens is 412 g/mol. The van der Waals surface area contributed by atoms with Crippen LogP contribution in [0.5, 0.6) is 0 Å². The van der Waals surface area contributed by atoms with Gasteiger partial charge in [-0.05, 0) is 35.4 Å². The molecule has 6 heteroatoms. The van der Waals surface area contributed by atoms with E-state index >= 15 is 0 Å². The molecular formula is C27H36N4O2. The normalized spacial score (nSPS) is 11.2. The Hall–Kier alpha value is -3.28. The summed E-state index contributed by atoms with van der Waals surface area (Å²) >= 11 is 0. The van der Waals surface area contributed by atoms with Gasteiger partial charge in [0.1, 0.15) is 6.54 Å². The van der Waals surface area contributed by atoms with Gasteiger partial charge in [-0.15, -0.1) is 0 Å². The first kappa shape index (κ1) is 24.4. The highest BCUT2D eigenvalue weighted by atomic mass is 16.2. The van der Waals surface area contributed by atoms with Crippen LogP contribution in [0.4, 0.5) is 10.5 Å². The quantitative estimate of drug-likeness (QED) is 0.479. The number of anilines is 1. The molecule has 0 spiro atoms. The summed E-state index contributed by atoms with van der Waals surface area (Å²) in [5.41, 5.74) is 1.82. The van der Waals surface area contributed by atoms with Gasteiger partial charge >= 0.3 is 6.03 Å². The Morgan fingerprint density at radius 3 is 2.21 bits per heavy atom. The van der Waals surface area contributed by atoms with Crippen molar-refractivity contribution in [1.82, 2.24) is 14.4 Å². The first-order valence-corrected chi connectivity index (χ1v) is 11.7. The van der Waals surface area contributed by atoms with Gasteiger partial charge in [0.2, 0.25) is 5.91 Å². The van der Waals surface area contributed by atoms with Gasteiger partial charge in [0.05, 0.1) is 12.2 Å². The third-order valence-electron chi connectivity index (χ3n) is 5.57. The van der Waals surface area contributed by atoms with Crippen molar-refractivity contribution in [1.29, 1.82) is 0 Å². The lowest BCUT2D eigenvalue weighted by Crippen LogP contribution is -2.46. The number of aryl methyl sites for hydroxylation is 1. The molecule has 0 fully saturated rings. The molecule has 3 aromatic rings. The van der Waals surface area contributed by atoms with E-state index in [1.165, 1.54) is 0 Å². The minimum atomic E-state index is -0.253. The van der Waals surface area contributed by atoms with E-state index in [0.717, 1.165) is 22.2 Å². The third-order valence-corrected chi connectivity index (χ3v) is 5.57. The molecule has 0 aliphatic rings. The Balaban J connectivity index is 1.78. The number of benzene rings is 2. The summed E-state index contributed by atoms with van der Waals surface area (Å²) in [5, 5.41) is 5.09. The Morgan fingerprint density at radius 2 is 1.55 bits per heavy atom. The molecule has 3 rings (SSSR count). The van der Waals surface area contributed by atoms with Crippen molar-refractivity contribution in [3.05, 3.63) is 66.5 Å². The van der Waals surface area contributed by atoms with Gasteiger partial charge in [-0.25, -0.2) is 4.79 Å². The van der Waals surface area contributed by atoms with Gasteiger partial charge in [-0.3, -0.25) is 4.79 Å². The third kappa shape index (κ3) is 6.60. The lowest BCUT2D eigenvalue weighted by molar-refractivity contribution is -0.133. The average Bonchev–Trinajstić information content (AvgIpc) is 3.16. The summed E-state index contributed by atoms with van der Waals surface area (Å²) in [6, 6.07) is 17.6. The number of carbonyl (C=O) groups is 2. The number of hydrogen-bond acceptors (Lipinski definition) is 2. The summed E-state index contributed by atoms with van der Waals surface area (Å²) in [4.78, 5) is 30.1. The lowest BCUT2D eigenvalue weighted by atomic mass is 10.1. The summed E-state index contributed by atoms with van der Waals surface area (Å²) in [6.07, 6.45) is 1.98. The van der Waals surface area contributed by atoms with E-state index < -0.39 is 0 Å². The van der Waals surface area contributed by atoms with E-state index in [1.807, 2.05) is 77.3 Å². The van der Waals surface area contributed by atoms with Gasteiger partial charge in [-0.1, -0.05) is 64.1 Å². The van der Waals surface area contributed by atoms with Crippen molar-refractivity contribution < 1.29 is 9.59 Å². The maximum atomic E-state index is 13.4. The largest absolute Gasteiger partial charge is 0.353 e. The summed E-state index contributed by atoms with van der Waals surface area (Å²) in [5.74, 6) is 0.526. The van der Waals surface area contributed by atoms with Gasteiger partial charge in [0.25, 0.3) is 0 Å². The fourth-order valence-corrected chi connectivity index (χ4v) is 4.00.